The standard InChI is InChI=1S/C20H22N4O3/c1-26-17-6-7-18(27-2)16(12-17)5-8-20(25)22-19-9-11-24(23-19)14-15-4-3-10-21-13-15/h3-4,6-7,9-13H,5,8,14H2,1-2H3,(H,22,23,25). The second-order valence-corrected chi connectivity index (χ2v) is 5.99. The van der Waals surface area contributed by atoms with E-state index in [4.69, 9.17) is 9.47 Å². The lowest BCUT2D eigenvalue weighted by Gasteiger charge is -2.10. The molecule has 3 rings (SSSR count). The Balaban J connectivity index is 1.56. The highest BCUT2D eigenvalue weighted by atomic mass is 16.5. The van der Waals surface area contributed by atoms with Crippen LogP contribution in [-0.4, -0.2) is 34.9 Å². The highest BCUT2D eigenvalue weighted by molar-refractivity contribution is 5.89. The smallest absolute Gasteiger partial charge is 0.225 e. The molecule has 0 unspecified atom stereocenters. The van der Waals surface area contributed by atoms with Gasteiger partial charge in [-0.3, -0.25) is 14.5 Å². The fourth-order valence-corrected chi connectivity index (χ4v) is 2.73. The molecule has 0 aliphatic carbocycles. The number of pyridine rings is 1. The topological polar surface area (TPSA) is 78.3 Å². The summed E-state index contributed by atoms with van der Waals surface area (Å²) in [5.41, 5.74) is 1.97. The Bertz CT molecular complexity index is 893. The maximum Gasteiger partial charge on any atom is 0.225 e. The SMILES string of the molecule is COc1ccc(OC)c(CCC(=O)Nc2ccn(Cc3cccnc3)n2)c1. The molecule has 2 heterocycles. The number of hydrogen-bond acceptors (Lipinski definition) is 5. The van der Waals surface area contributed by atoms with Crippen molar-refractivity contribution in [1.29, 1.82) is 0 Å². The third-order valence-electron chi connectivity index (χ3n) is 4.08. The maximum absolute atomic E-state index is 12.3. The van der Waals surface area contributed by atoms with Gasteiger partial charge < -0.3 is 14.8 Å². The van der Waals surface area contributed by atoms with Gasteiger partial charge in [-0.05, 0) is 41.8 Å². The van der Waals surface area contributed by atoms with E-state index in [2.05, 4.69) is 15.4 Å². The zero-order valence-corrected chi connectivity index (χ0v) is 15.4. The third kappa shape index (κ3) is 5.07. The van der Waals surface area contributed by atoms with Crippen molar-refractivity contribution in [3.05, 3.63) is 66.1 Å². The van der Waals surface area contributed by atoms with Crippen LogP contribution >= 0.6 is 0 Å². The second-order valence-electron chi connectivity index (χ2n) is 5.99. The highest BCUT2D eigenvalue weighted by Crippen LogP contribution is 2.25. The summed E-state index contributed by atoms with van der Waals surface area (Å²) in [6.45, 7) is 0.602. The van der Waals surface area contributed by atoms with Crippen LogP contribution in [0.2, 0.25) is 0 Å². The molecule has 140 valence electrons. The van der Waals surface area contributed by atoms with E-state index in [1.165, 1.54) is 0 Å². The predicted molar refractivity (Wildman–Crippen MR) is 102 cm³/mol. The lowest BCUT2D eigenvalue weighted by atomic mass is 10.1. The number of carbonyl (C=O) groups excluding carboxylic acids is 1. The fourth-order valence-electron chi connectivity index (χ4n) is 2.73. The minimum atomic E-state index is -0.105. The van der Waals surface area contributed by atoms with Gasteiger partial charge in [-0.1, -0.05) is 6.07 Å². The van der Waals surface area contributed by atoms with Crippen molar-refractivity contribution in [2.45, 2.75) is 19.4 Å². The Hall–Kier alpha value is -3.35. The number of carbonyl (C=O) groups is 1. The largest absolute Gasteiger partial charge is 0.497 e. The first-order valence-electron chi connectivity index (χ1n) is 8.61. The van der Waals surface area contributed by atoms with Crippen molar-refractivity contribution in [2.24, 2.45) is 0 Å². The van der Waals surface area contributed by atoms with Crippen LogP contribution in [-0.2, 0) is 17.8 Å². The molecule has 0 saturated heterocycles. The van der Waals surface area contributed by atoms with E-state index in [0.717, 1.165) is 22.6 Å². The van der Waals surface area contributed by atoms with Crippen LogP contribution in [0, 0.1) is 0 Å². The average Bonchev–Trinajstić information content (AvgIpc) is 3.13. The number of aromatic nitrogens is 3. The van der Waals surface area contributed by atoms with E-state index in [0.29, 0.717) is 25.2 Å². The van der Waals surface area contributed by atoms with Gasteiger partial charge in [0.2, 0.25) is 5.91 Å². The number of ether oxygens (including phenoxy) is 2. The minimum absolute atomic E-state index is 0.105. The summed E-state index contributed by atoms with van der Waals surface area (Å²) in [5.74, 6) is 1.90. The molecule has 0 spiro atoms. The molecular weight excluding hydrogens is 344 g/mol. The quantitative estimate of drug-likeness (QED) is 0.663. The number of amides is 1. The zero-order valence-electron chi connectivity index (χ0n) is 15.4. The summed E-state index contributed by atoms with van der Waals surface area (Å²) < 4.78 is 12.3. The normalized spacial score (nSPS) is 10.4. The number of anilines is 1. The molecule has 0 aliphatic rings. The van der Waals surface area contributed by atoms with Gasteiger partial charge in [0.05, 0.1) is 20.8 Å². The fraction of sp³-hybridized carbons (Fsp3) is 0.250. The van der Waals surface area contributed by atoms with Gasteiger partial charge in [-0.25, -0.2) is 0 Å². The van der Waals surface area contributed by atoms with Crippen LogP contribution in [0.1, 0.15) is 17.5 Å². The molecule has 1 N–H and O–H groups in total. The van der Waals surface area contributed by atoms with Crippen molar-refractivity contribution in [1.82, 2.24) is 14.8 Å². The van der Waals surface area contributed by atoms with Gasteiger partial charge in [0.1, 0.15) is 11.5 Å². The van der Waals surface area contributed by atoms with Crippen LogP contribution in [0.15, 0.2) is 55.0 Å². The summed E-state index contributed by atoms with van der Waals surface area (Å²) in [6.07, 6.45) is 6.21. The maximum atomic E-state index is 12.3. The Morgan fingerprint density at radius 2 is 2.07 bits per heavy atom. The first-order valence-corrected chi connectivity index (χ1v) is 8.61. The van der Waals surface area contributed by atoms with Gasteiger partial charge >= 0.3 is 0 Å². The number of methoxy groups -OCH3 is 2. The van der Waals surface area contributed by atoms with Crippen LogP contribution in [0.25, 0.3) is 0 Å². The third-order valence-corrected chi connectivity index (χ3v) is 4.08. The van der Waals surface area contributed by atoms with Gasteiger partial charge in [0, 0.05) is 31.1 Å². The van der Waals surface area contributed by atoms with Crippen LogP contribution in [0.3, 0.4) is 0 Å². The molecule has 1 aromatic carbocycles. The summed E-state index contributed by atoms with van der Waals surface area (Å²) in [5, 5.41) is 7.20. The van der Waals surface area contributed by atoms with Crippen molar-refractivity contribution in [3.8, 4) is 11.5 Å². The monoisotopic (exact) mass is 366 g/mol. The van der Waals surface area contributed by atoms with Gasteiger partial charge in [0.25, 0.3) is 0 Å². The molecule has 7 nitrogen and oxygen atoms in total. The molecule has 0 aliphatic heterocycles. The number of hydrogen-bond donors (Lipinski definition) is 1. The summed E-state index contributed by atoms with van der Waals surface area (Å²) in [4.78, 5) is 16.4. The molecule has 0 saturated carbocycles. The van der Waals surface area contributed by atoms with Crippen LogP contribution < -0.4 is 14.8 Å². The van der Waals surface area contributed by atoms with Crippen molar-refractivity contribution in [2.75, 3.05) is 19.5 Å². The number of aryl methyl sites for hydroxylation is 1. The van der Waals surface area contributed by atoms with E-state index in [-0.39, 0.29) is 5.91 Å². The lowest BCUT2D eigenvalue weighted by molar-refractivity contribution is -0.116. The summed E-state index contributed by atoms with van der Waals surface area (Å²) in [7, 11) is 3.22. The first kappa shape index (κ1) is 18.4. The Labute approximate surface area is 158 Å². The molecule has 0 atom stereocenters. The molecule has 3 aromatic rings. The van der Waals surface area contributed by atoms with Crippen molar-refractivity contribution >= 4 is 11.7 Å². The van der Waals surface area contributed by atoms with Crippen LogP contribution in [0.5, 0.6) is 11.5 Å². The number of benzene rings is 1. The molecule has 0 fully saturated rings. The van der Waals surface area contributed by atoms with Gasteiger partial charge in [-0.15, -0.1) is 0 Å². The molecule has 2 aromatic heterocycles. The Morgan fingerprint density at radius 3 is 2.81 bits per heavy atom. The van der Waals surface area contributed by atoms with Crippen LogP contribution in [0.4, 0.5) is 5.82 Å². The molecular formula is C20H22N4O3. The molecule has 0 bridgehead atoms. The predicted octanol–water partition coefficient (Wildman–Crippen LogP) is 2.91. The summed E-state index contributed by atoms with van der Waals surface area (Å²) in [6, 6.07) is 11.2. The number of nitrogens with one attached hydrogen (secondary N) is 1. The van der Waals surface area contributed by atoms with E-state index < -0.39 is 0 Å². The number of rotatable bonds is 8. The van der Waals surface area contributed by atoms with Gasteiger partial charge in [-0.2, -0.15) is 5.10 Å². The summed E-state index contributed by atoms with van der Waals surface area (Å²) >= 11 is 0. The van der Waals surface area contributed by atoms with E-state index in [1.54, 1.807) is 37.4 Å². The molecule has 27 heavy (non-hydrogen) atoms. The Morgan fingerprint density at radius 1 is 1.19 bits per heavy atom. The van der Waals surface area contributed by atoms with E-state index in [1.807, 2.05) is 36.5 Å². The molecule has 0 radical (unpaired) electrons. The van der Waals surface area contributed by atoms with Gasteiger partial charge in [0.15, 0.2) is 5.82 Å². The van der Waals surface area contributed by atoms with E-state index >= 15 is 0 Å². The molecule has 1 amide bonds. The Kier molecular flexibility index (Phi) is 6.04. The minimum Gasteiger partial charge on any atom is -0.497 e. The lowest BCUT2D eigenvalue weighted by Crippen LogP contribution is -2.13. The first-order chi connectivity index (χ1) is 13.2. The van der Waals surface area contributed by atoms with Crippen molar-refractivity contribution < 1.29 is 14.3 Å². The zero-order chi connectivity index (χ0) is 19.1. The molecule has 7 heteroatoms. The second kappa shape index (κ2) is 8.84. The van der Waals surface area contributed by atoms with E-state index in [9.17, 15) is 4.79 Å². The highest BCUT2D eigenvalue weighted by Gasteiger charge is 2.10. The number of nitrogens with zero attached hydrogens (tertiary/aromatic N) is 3. The average molecular weight is 366 g/mol. The van der Waals surface area contributed by atoms with Crippen molar-refractivity contribution in [3.63, 3.8) is 0 Å².